The lowest BCUT2D eigenvalue weighted by atomic mass is 9.77. The number of rotatable bonds is 13. The number of Topliss-reactive ketones (excluding diaryl/α,β-unsaturated/α-hetero) is 1. The van der Waals surface area contributed by atoms with Crippen LogP contribution in [0, 0.1) is 0 Å². The van der Waals surface area contributed by atoms with E-state index in [9.17, 15) is 9.59 Å². The van der Waals surface area contributed by atoms with E-state index >= 15 is 0 Å². The van der Waals surface area contributed by atoms with Crippen LogP contribution in [0.25, 0.3) is 22.5 Å². The zero-order valence-electron chi connectivity index (χ0n) is 30.0. The molecule has 0 amide bonds. The highest BCUT2D eigenvalue weighted by Crippen LogP contribution is 2.43. The molecule has 0 aliphatic heterocycles. The van der Waals surface area contributed by atoms with Crippen molar-refractivity contribution in [2.75, 3.05) is 6.61 Å². The maximum Gasteiger partial charge on any atom is 0.357 e. The average Bonchev–Trinajstić information content (AvgIpc) is 3.83. The van der Waals surface area contributed by atoms with Gasteiger partial charge in [-0.3, -0.25) is 4.79 Å². The van der Waals surface area contributed by atoms with Crippen molar-refractivity contribution in [1.29, 1.82) is 0 Å². The number of imidazole rings is 1. The number of tetrazole rings is 1. The van der Waals surface area contributed by atoms with E-state index in [0.29, 0.717) is 24.6 Å². The second kappa shape index (κ2) is 15.4. The number of aromatic nitrogens is 6. The molecule has 0 aliphatic carbocycles. The van der Waals surface area contributed by atoms with Crippen LogP contribution in [0.4, 0.5) is 0 Å². The highest BCUT2D eigenvalue weighted by molar-refractivity contribution is 6.03. The highest BCUT2D eigenvalue weighted by Gasteiger charge is 2.42. The van der Waals surface area contributed by atoms with Crippen LogP contribution in [-0.4, -0.2) is 48.1 Å². The molecule has 264 valence electrons. The molecule has 0 saturated carbocycles. The van der Waals surface area contributed by atoms with Gasteiger partial charge in [-0.2, -0.15) is 0 Å². The molecule has 0 bridgehead atoms. The molecule has 0 aliphatic rings. The highest BCUT2D eigenvalue weighted by atomic mass is 16.5. The molecule has 7 aromatic rings. The van der Waals surface area contributed by atoms with Crippen LogP contribution in [0.15, 0.2) is 140 Å². The zero-order chi connectivity index (χ0) is 36.8. The number of aryl methyl sites for hydroxylation is 1. The lowest BCUT2D eigenvalue weighted by molar-refractivity contribution is 0.0510. The summed E-state index contributed by atoms with van der Waals surface area (Å²) in [4.78, 5) is 30.2. The summed E-state index contributed by atoms with van der Waals surface area (Å²) < 4.78 is 9.13. The number of ether oxygens (including phenoxy) is 1. The molecule has 9 nitrogen and oxygen atoms in total. The van der Waals surface area contributed by atoms with Crippen LogP contribution in [0.5, 0.6) is 0 Å². The van der Waals surface area contributed by atoms with Crippen molar-refractivity contribution in [2.24, 2.45) is 0 Å². The number of nitrogens with zero attached hydrogens (tertiary/aromatic N) is 6. The summed E-state index contributed by atoms with van der Waals surface area (Å²) in [6, 6.07) is 47.4. The molecule has 0 atom stereocenters. The SMILES string of the molecule is CCCc1nc(C(C)=O)c(C(=O)OCC)n1Cc1ccc(-c2ccccc2-c2nnnn2C(c2ccccc2)(c2ccccc2)c2ccccc2)cc1. The third-order valence-corrected chi connectivity index (χ3v) is 9.46. The van der Waals surface area contributed by atoms with E-state index in [0.717, 1.165) is 45.4 Å². The lowest BCUT2D eigenvalue weighted by Crippen LogP contribution is -2.39. The quantitative estimate of drug-likeness (QED) is 0.0676. The second-order valence-corrected chi connectivity index (χ2v) is 12.8. The normalized spacial score (nSPS) is 11.4. The fraction of sp³-hybridized carbons (Fsp3) is 0.182. The average molecular weight is 701 g/mol. The Hall–Kier alpha value is -6.48. The molecule has 5 aromatic carbocycles. The minimum Gasteiger partial charge on any atom is -0.461 e. The molecule has 0 saturated heterocycles. The van der Waals surface area contributed by atoms with Crippen LogP contribution in [-0.2, 0) is 23.2 Å². The number of ketones is 1. The van der Waals surface area contributed by atoms with Crippen LogP contribution < -0.4 is 0 Å². The number of carbonyl (C=O) groups is 2. The summed E-state index contributed by atoms with van der Waals surface area (Å²) in [5.41, 5.74) is 6.25. The van der Waals surface area contributed by atoms with Gasteiger partial charge in [0.15, 0.2) is 17.3 Å². The number of hydrogen-bond acceptors (Lipinski definition) is 7. The molecular formula is C44H40N6O3. The van der Waals surface area contributed by atoms with E-state index < -0.39 is 11.5 Å². The first-order valence-corrected chi connectivity index (χ1v) is 17.9. The van der Waals surface area contributed by atoms with Crippen molar-refractivity contribution in [3.63, 3.8) is 0 Å². The van der Waals surface area contributed by atoms with Crippen LogP contribution in [0.2, 0.25) is 0 Å². The van der Waals surface area contributed by atoms with Gasteiger partial charge in [-0.05, 0) is 57.2 Å². The van der Waals surface area contributed by atoms with Gasteiger partial charge in [-0.15, -0.1) is 5.10 Å². The van der Waals surface area contributed by atoms with E-state index in [2.05, 4.69) is 70.9 Å². The van der Waals surface area contributed by atoms with E-state index in [4.69, 9.17) is 15.0 Å². The predicted molar refractivity (Wildman–Crippen MR) is 205 cm³/mol. The van der Waals surface area contributed by atoms with Crippen molar-refractivity contribution >= 4 is 11.8 Å². The molecule has 0 N–H and O–H groups in total. The van der Waals surface area contributed by atoms with Gasteiger partial charge in [0.25, 0.3) is 0 Å². The van der Waals surface area contributed by atoms with Crippen molar-refractivity contribution in [2.45, 2.75) is 45.7 Å². The summed E-state index contributed by atoms with van der Waals surface area (Å²) in [5, 5.41) is 13.7. The van der Waals surface area contributed by atoms with E-state index in [1.807, 2.05) is 95.0 Å². The Morgan fingerprint density at radius 1 is 0.698 bits per heavy atom. The maximum absolute atomic E-state index is 13.1. The number of benzene rings is 5. The van der Waals surface area contributed by atoms with Gasteiger partial charge >= 0.3 is 5.97 Å². The molecule has 7 rings (SSSR count). The number of esters is 1. The van der Waals surface area contributed by atoms with Crippen molar-refractivity contribution in [1.82, 2.24) is 29.8 Å². The molecular weight excluding hydrogens is 661 g/mol. The van der Waals surface area contributed by atoms with Crippen molar-refractivity contribution < 1.29 is 14.3 Å². The first kappa shape index (κ1) is 34.9. The standard InChI is InChI=1S/C44H40N6O3/c1-4-17-39-45-40(31(3)51)41(43(52)53-5-2)49(39)30-32-26-28-33(29-27-32)37-24-15-16-25-38(37)42-46-47-48-50(42)44(34-18-9-6-10-19-34,35-20-11-7-12-21-35)36-22-13-8-14-23-36/h6-16,18-29H,4-5,17,30H2,1-3H3. The first-order valence-electron chi connectivity index (χ1n) is 17.9. The van der Waals surface area contributed by atoms with Gasteiger partial charge in [0.05, 0.1) is 6.61 Å². The topological polar surface area (TPSA) is 105 Å². The summed E-state index contributed by atoms with van der Waals surface area (Å²) in [7, 11) is 0. The van der Waals surface area contributed by atoms with Gasteiger partial charge < -0.3 is 9.30 Å². The van der Waals surface area contributed by atoms with Gasteiger partial charge in [0, 0.05) is 25.5 Å². The minimum absolute atomic E-state index is 0.146. The van der Waals surface area contributed by atoms with Gasteiger partial charge in [0.1, 0.15) is 17.1 Å². The fourth-order valence-corrected chi connectivity index (χ4v) is 7.12. The Balaban J connectivity index is 1.33. The molecule has 0 unspecified atom stereocenters. The maximum atomic E-state index is 13.1. The molecule has 2 aromatic heterocycles. The van der Waals surface area contributed by atoms with E-state index in [-0.39, 0.29) is 23.8 Å². The summed E-state index contributed by atoms with van der Waals surface area (Å²) in [5.74, 6) is 0.475. The lowest BCUT2D eigenvalue weighted by Gasteiger charge is -2.36. The molecule has 53 heavy (non-hydrogen) atoms. The smallest absolute Gasteiger partial charge is 0.357 e. The van der Waals surface area contributed by atoms with Crippen molar-refractivity contribution in [3.8, 4) is 22.5 Å². The van der Waals surface area contributed by atoms with E-state index in [1.165, 1.54) is 6.92 Å². The first-order chi connectivity index (χ1) is 26.0. The largest absolute Gasteiger partial charge is 0.461 e. The molecule has 2 heterocycles. The summed E-state index contributed by atoms with van der Waals surface area (Å²) in [6.45, 7) is 5.78. The van der Waals surface area contributed by atoms with Crippen molar-refractivity contribution in [3.05, 3.63) is 179 Å². The molecule has 0 spiro atoms. The molecule has 0 fully saturated rings. The number of carbonyl (C=O) groups excluding carboxylic acids is 2. The fourth-order valence-electron chi connectivity index (χ4n) is 7.12. The molecule has 9 heteroatoms. The third-order valence-electron chi connectivity index (χ3n) is 9.46. The second-order valence-electron chi connectivity index (χ2n) is 12.8. The van der Waals surface area contributed by atoms with Crippen LogP contribution in [0.3, 0.4) is 0 Å². The van der Waals surface area contributed by atoms with Gasteiger partial charge in [0.2, 0.25) is 0 Å². The van der Waals surface area contributed by atoms with Crippen LogP contribution in [0.1, 0.15) is 76.2 Å². The van der Waals surface area contributed by atoms with Gasteiger partial charge in [-0.1, -0.05) is 146 Å². The Morgan fingerprint density at radius 2 is 1.25 bits per heavy atom. The summed E-state index contributed by atoms with van der Waals surface area (Å²) in [6.07, 6.45) is 1.43. The van der Waals surface area contributed by atoms with Gasteiger partial charge in [-0.25, -0.2) is 14.5 Å². The predicted octanol–water partition coefficient (Wildman–Crippen LogP) is 8.42. The summed E-state index contributed by atoms with van der Waals surface area (Å²) >= 11 is 0. The Morgan fingerprint density at radius 3 is 1.77 bits per heavy atom. The van der Waals surface area contributed by atoms with Crippen LogP contribution >= 0.6 is 0 Å². The Labute approximate surface area is 308 Å². The third kappa shape index (κ3) is 6.57. The zero-order valence-corrected chi connectivity index (χ0v) is 30.0. The monoisotopic (exact) mass is 700 g/mol. The Kier molecular flexibility index (Phi) is 10.2. The van der Waals surface area contributed by atoms with E-state index in [1.54, 1.807) is 6.92 Å². The number of hydrogen-bond donors (Lipinski definition) is 0. The molecule has 0 radical (unpaired) electrons. The Bertz CT molecular complexity index is 2240. The minimum atomic E-state index is -0.893.